The molecule has 1 unspecified atom stereocenters. The average Bonchev–Trinajstić information content (AvgIpc) is 3.18. The van der Waals surface area contributed by atoms with E-state index in [1.165, 1.54) is 37.8 Å². The van der Waals surface area contributed by atoms with Gasteiger partial charge in [0.25, 0.3) is 0 Å². The fraction of sp³-hybridized carbons (Fsp3) is 0.600. The highest BCUT2D eigenvalue weighted by Crippen LogP contribution is 2.33. The maximum Gasteiger partial charge on any atom is 0.138 e. The molecule has 1 saturated carbocycles. The molecule has 1 saturated heterocycles. The number of piperidine rings is 1. The van der Waals surface area contributed by atoms with E-state index in [1.54, 1.807) is 0 Å². The Kier molecular flexibility index (Phi) is 3.76. The zero-order chi connectivity index (χ0) is 12.4. The molecule has 1 aliphatic carbocycles. The number of halogens is 1. The molecule has 1 heterocycles. The summed E-state index contributed by atoms with van der Waals surface area (Å²) in [5, 5.41) is 4.22. The van der Waals surface area contributed by atoms with Gasteiger partial charge in [0.15, 0.2) is 0 Å². The number of benzene rings is 1. The van der Waals surface area contributed by atoms with Crippen molar-refractivity contribution in [2.75, 3.05) is 13.1 Å². The predicted molar refractivity (Wildman–Crippen MR) is 74.4 cm³/mol. The van der Waals surface area contributed by atoms with Crippen molar-refractivity contribution in [2.45, 2.75) is 38.2 Å². The average molecular weight is 266 g/mol. The summed E-state index contributed by atoms with van der Waals surface area (Å²) in [6, 6.07) is 6.28. The highest BCUT2D eigenvalue weighted by molar-refractivity contribution is 6.32. The largest absolute Gasteiger partial charge is 0.489 e. The number of nitrogens with one attached hydrogen (secondary N) is 1. The van der Waals surface area contributed by atoms with Crippen LogP contribution in [0.4, 0.5) is 0 Å². The van der Waals surface area contributed by atoms with Gasteiger partial charge in [-0.2, -0.15) is 0 Å². The minimum absolute atomic E-state index is 0.413. The number of hydrogen-bond acceptors (Lipinski definition) is 2. The van der Waals surface area contributed by atoms with Crippen LogP contribution >= 0.6 is 11.6 Å². The van der Waals surface area contributed by atoms with Gasteiger partial charge in [-0.15, -0.1) is 0 Å². The Hall–Kier alpha value is -0.730. The maximum atomic E-state index is 6.28. The third-order valence-corrected chi connectivity index (χ3v) is 4.03. The summed E-state index contributed by atoms with van der Waals surface area (Å²) in [6.45, 7) is 2.31. The van der Waals surface area contributed by atoms with Gasteiger partial charge in [-0.25, -0.2) is 0 Å². The molecular weight excluding hydrogens is 246 g/mol. The topological polar surface area (TPSA) is 21.3 Å². The maximum absolute atomic E-state index is 6.28. The van der Waals surface area contributed by atoms with Crippen molar-refractivity contribution in [1.82, 2.24) is 5.32 Å². The van der Waals surface area contributed by atoms with Crippen LogP contribution in [0.25, 0.3) is 0 Å². The minimum atomic E-state index is 0.413. The summed E-state index contributed by atoms with van der Waals surface area (Å²) >= 11 is 6.28. The van der Waals surface area contributed by atoms with Gasteiger partial charge < -0.3 is 10.1 Å². The van der Waals surface area contributed by atoms with Gasteiger partial charge >= 0.3 is 0 Å². The molecule has 0 radical (unpaired) electrons. The van der Waals surface area contributed by atoms with Gasteiger partial charge in [-0.05, 0) is 68.8 Å². The summed E-state index contributed by atoms with van der Waals surface area (Å²) in [6.07, 6.45) is 6.50. The summed E-state index contributed by atoms with van der Waals surface area (Å²) < 4.78 is 5.76. The van der Waals surface area contributed by atoms with Crippen LogP contribution in [-0.2, 0) is 6.42 Å². The quantitative estimate of drug-likeness (QED) is 0.901. The summed E-state index contributed by atoms with van der Waals surface area (Å²) in [5.74, 6) is 1.61. The van der Waals surface area contributed by atoms with Crippen LogP contribution in [0.2, 0.25) is 5.02 Å². The van der Waals surface area contributed by atoms with E-state index in [-0.39, 0.29) is 0 Å². The first-order valence-electron chi connectivity index (χ1n) is 6.97. The van der Waals surface area contributed by atoms with Crippen molar-refractivity contribution in [3.63, 3.8) is 0 Å². The van der Waals surface area contributed by atoms with E-state index >= 15 is 0 Å². The van der Waals surface area contributed by atoms with Gasteiger partial charge in [0.1, 0.15) is 5.75 Å². The van der Waals surface area contributed by atoms with Crippen LogP contribution in [0, 0.1) is 5.92 Å². The first-order valence-corrected chi connectivity index (χ1v) is 7.35. The highest BCUT2D eigenvalue weighted by atomic mass is 35.5. The summed E-state index contributed by atoms with van der Waals surface area (Å²) in [7, 11) is 0. The van der Waals surface area contributed by atoms with Gasteiger partial charge in [0.2, 0.25) is 0 Å². The summed E-state index contributed by atoms with van der Waals surface area (Å²) in [4.78, 5) is 0. The lowest BCUT2D eigenvalue weighted by atomic mass is 9.92. The molecule has 18 heavy (non-hydrogen) atoms. The van der Waals surface area contributed by atoms with E-state index < -0.39 is 0 Å². The minimum Gasteiger partial charge on any atom is -0.489 e. The van der Waals surface area contributed by atoms with Crippen LogP contribution in [0.5, 0.6) is 5.75 Å². The SMILES string of the molecule is Clc1cc(CC2CCCNC2)ccc1OC1CC1. The molecule has 2 aliphatic rings. The van der Waals surface area contributed by atoms with Crippen LogP contribution in [0.15, 0.2) is 18.2 Å². The van der Waals surface area contributed by atoms with E-state index in [0.717, 1.165) is 29.7 Å². The zero-order valence-corrected chi connectivity index (χ0v) is 11.4. The molecule has 1 atom stereocenters. The Bertz CT molecular complexity index is 411. The van der Waals surface area contributed by atoms with E-state index in [1.807, 2.05) is 6.07 Å². The fourth-order valence-corrected chi connectivity index (χ4v) is 2.81. The second kappa shape index (κ2) is 5.50. The Labute approximate surface area is 114 Å². The normalized spacial score (nSPS) is 23.9. The molecule has 1 aliphatic heterocycles. The van der Waals surface area contributed by atoms with Crippen LogP contribution in [0.1, 0.15) is 31.2 Å². The molecular formula is C15H20ClNO. The molecule has 2 nitrogen and oxygen atoms in total. The van der Waals surface area contributed by atoms with Crippen molar-refractivity contribution < 1.29 is 4.74 Å². The molecule has 98 valence electrons. The molecule has 3 rings (SSSR count). The first-order chi connectivity index (χ1) is 8.81. The Balaban J connectivity index is 1.63. The van der Waals surface area contributed by atoms with Crippen LogP contribution in [-0.4, -0.2) is 19.2 Å². The van der Waals surface area contributed by atoms with Crippen molar-refractivity contribution in [3.05, 3.63) is 28.8 Å². The molecule has 0 spiro atoms. The Morgan fingerprint density at radius 1 is 1.28 bits per heavy atom. The smallest absolute Gasteiger partial charge is 0.138 e. The van der Waals surface area contributed by atoms with E-state index in [0.29, 0.717) is 6.10 Å². The van der Waals surface area contributed by atoms with Crippen molar-refractivity contribution in [1.29, 1.82) is 0 Å². The van der Waals surface area contributed by atoms with E-state index in [2.05, 4.69) is 17.4 Å². The van der Waals surface area contributed by atoms with Crippen molar-refractivity contribution in [3.8, 4) is 5.75 Å². The standard InChI is InChI=1S/C15H20ClNO/c16-14-9-11(8-12-2-1-7-17-10-12)3-6-15(14)18-13-4-5-13/h3,6,9,12-13,17H,1-2,4-5,7-8,10H2. The van der Waals surface area contributed by atoms with Crippen molar-refractivity contribution >= 4 is 11.6 Å². The van der Waals surface area contributed by atoms with Crippen LogP contribution < -0.4 is 10.1 Å². The third-order valence-electron chi connectivity index (χ3n) is 3.74. The Morgan fingerprint density at radius 3 is 2.83 bits per heavy atom. The van der Waals surface area contributed by atoms with Crippen molar-refractivity contribution in [2.24, 2.45) is 5.92 Å². The first kappa shape index (κ1) is 12.3. The van der Waals surface area contributed by atoms with Gasteiger partial charge in [0.05, 0.1) is 11.1 Å². The number of hydrogen-bond donors (Lipinski definition) is 1. The lowest BCUT2D eigenvalue weighted by Crippen LogP contribution is -2.30. The Morgan fingerprint density at radius 2 is 2.17 bits per heavy atom. The van der Waals surface area contributed by atoms with Gasteiger partial charge in [-0.3, -0.25) is 0 Å². The second-order valence-electron chi connectivity index (χ2n) is 5.50. The molecule has 0 bridgehead atoms. The van der Waals surface area contributed by atoms with E-state index in [9.17, 15) is 0 Å². The molecule has 1 aromatic rings. The molecule has 0 amide bonds. The summed E-state index contributed by atoms with van der Waals surface area (Å²) in [5.41, 5.74) is 1.33. The highest BCUT2D eigenvalue weighted by Gasteiger charge is 2.24. The zero-order valence-electron chi connectivity index (χ0n) is 10.6. The van der Waals surface area contributed by atoms with E-state index in [4.69, 9.17) is 16.3 Å². The molecule has 1 N–H and O–H groups in total. The monoisotopic (exact) mass is 265 g/mol. The molecule has 3 heteroatoms. The fourth-order valence-electron chi connectivity index (χ4n) is 2.56. The van der Waals surface area contributed by atoms with Gasteiger partial charge in [-0.1, -0.05) is 17.7 Å². The number of ether oxygens (including phenoxy) is 1. The number of rotatable bonds is 4. The molecule has 1 aromatic carbocycles. The predicted octanol–water partition coefficient (Wildman–Crippen LogP) is 3.42. The lowest BCUT2D eigenvalue weighted by Gasteiger charge is -2.22. The molecule has 2 fully saturated rings. The lowest BCUT2D eigenvalue weighted by molar-refractivity contribution is 0.303. The van der Waals surface area contributed by atoms with Gasteiger partial charge in [0, 0.05) is 0 Å². The third kappa shape index (κ3) is 3.18. The van der Waals surface area contributed by atoms with Crippen LogP contribution in [0.3, 0.4) is 0 Å². The second-order valence-corrected chi connectivity index (χ2v) is 5.91. The molecule has 0 aromatic heterocycles.